The minimum absolute atomic E-state index is 0.562. The molecule has 114 heavy (non-hydrogen) atoms. The molecule has 0 bridgehead atoms. The summed E-state index contributed by atoms with van der Waals surface area (Å²) in [4.78, 5) is 0. The van der Waals surface area contributed by atoms with Gasteiger partial charge in [-0.1, -0.05) is 344 Å². The minimum Gasteiger partial charge on any atom is -0.0985 e. The molecule has 0 atom stereocenters. The molecule has 5 heteroatoms. The Kier molecular flexibility index (Phi) is 39.6. The first-order valence-corrected chi connectivity index (χ1v) is 55.0. The molecule has 0 nitrogen and oxygen atoms in total. The zero-order chi connectivity index (χ0) is 80.3. The van der Waals surface area contributed by atoms with Gasteiger partial charge >= 0.3 is 0 Å². The molecule has 0 aromatic heterocycles. The molecule has 12 aromatic rings. The molecular weight excluding hydrogens is 1460 g/mol. The monoisotopic (exact) mass is 1600 g/mol. The van der Waals surface area contributed by atoms with Gasteiger partial charge in [0.05, 0.1) is 67.3 Å². The van der Waals surface area contributed by atoms with E-state index in [4.69, 9.17) is 0 Å². The number of hydrogen-bond acceptors (Lipinski definition) is 0. The Morgan fingerprint density at radius 2 is 0.500 bits per heavy atom. The lowest BCUT2D eigenvalue weighted by Gasteiger charge is -2.28. The van der Waals surface area contributed by atoms with Crippen LogP contribution in [-0.4, -0.2) is 55.0 Å². The van der Waals surface area contributed by atoms with E-state index < -0.39 is 36.3 Å². The smallest absolute Gasteiger partial charge is 0.0985 e. The third-order valence-corrected chi connectivity index (χ3v) is 47.2. The Hall–Kier alpha value is -7.21. The Labute approximate surface area is 697 Å². The Morgan fingerprint density at radius 1 is 0.246 bits per heavy atom. The maximum Gasteiger partial charge on any atom is 0.116 e. The van der Waals surface area contributed by atoms with Crippen LogP contribution in [0.25, 0.3) is 16.8 Å². The van der Waals surface area contributed by atoms with Crippen LogP contribution < -0.4 is 47.7 Å². The van der Waals surface area contributed by atoms with Crippen LogP contribution in [0.1, 0.15) is 188 Å². The summed E-state index contributed by atoms with van der Waals surface area (Å²) in [5.74, 6) is 0. The van der Waals surface area contributed by atoms with Gasteiger partial charge in [-0.05, 0) is 207 Å². The van der Waals surface area contributed by atoms with E-state index in [1.54, 1.807) is 30.2 Å². The highest BCUT2D eigenvalue weighted by molar-refractivity contribution is 7.97. The topological polar surface area (TPSA) is 0 Å². The fraction of sp³-hybridized carbons (Fsp3) is 0.339. The van der Waals surface area contributed by atoms with Gasteiger partial charge < -0.3 is 0 Å². The van der Waals surface area contributed by atoms with Gasteiger partial charge in [-0.15, -0.1) is 0 Å². The lowest BCUT2D eigenvalue weighted by Crippen LogP contribution is -2.34. The van der Waals surface area contributed by atoms with Crippen molar-refractivity contribution in [3.8, 4) is 0 Å². The molecule has 1 aliphatic carbocycles. The predicted octanol–water partition coefficient (Wildman–Crippen LogP) is 28.7. The van der Waals surface area contributed by atoms with Crippen molar-refractivity contribution in [1.82, 2.24) is 0 Å². The van der Waals surface area contributed by atoms with Crippen LogP contribution in [0.2, 0.25) is 0 Å². The summed E-state index contributed by atoms with van der Waals surface area (Å²) in [7, 11) is -6.32. The van der Waals surface area contributed by atoms with E-state index in [1.165, 1.54) is 216 Å². The molecule has 0 N–H and O–H groups in total. The van der Waals surface area contributed by atoms with E-state index in [1.807, 2.05) is 6.08 Å². The quantitative estimate of drug-likeness (QED) is 0.0337. The summed E-state index contributed by atoms with van der Waals surface area (Å²) < 4.78 is 0. The molecular formula is C109H140P5+5. The van der Waals surface area contributed by atoms with Crippen LogP contribution in [0.5, 0.6) is 0 Å². The molecule has 0 radical (unpaired) electrons. The molecule has 1 aliphatic rings. The number of hydrogen-bond donors (Lipinski definition) is 0. The fourth-order valence-corrected chi connectivity index (χ4v) is 41.2. The largest absolute Gasteiger partial charge is 0.116 e. The second-order valence-corrected chi connectivity index (χ2v) is 51.5. The zero-order valence-corrected chi connectivity index (χ0v) is 75.7. The van der Waals surface area contributed by atoms with Crippen LogP contribution in [0.3, 0.4) is 0 Å². The zero-order valence-electron chi connectivity index (χ0n) is 71.2. The van der Waals surface area contributed by atoms with Gasteiger partial charge in [-0.25, -0.2) is 0 Å². The maximum absolute atomic E-state index is 3.86. The Morgan fingerprint density at radius 3 is 0.789 bits per heavy atom. The number of unbranched alkanes of at least 4 members (excludes halogenated alkanes) is 8. The lowest BCUT2D eigenvalue weighted by molar-refractivity contribution is 0.814. The summed E-state index contributed by atoms with van der Waals surface area (Å²) in [5, 5.41) is 15.9. The van der Waals surface area contributed by atoms with Crippen LogP contribution in [0.15, 0.2) is 346 Å². The van der Waals surface area contributed by atoms with E-state index in [-0.39, 0.29) is 0 Å². The van der Waals surface area contributed by atoms with Gasteiger partial charge in [0.2, 0.25) is 0 Å². The van der Waals surface area contributed by atoms with Crippen LogP contribution >= 0.6 is 36.3 Å². The molecule has 0 aliphatic heterocycles. The van der Waals surface area contributed by atoms with Crippen molar-refractivity contribution in [2.24, 2.45) is 0 Å². The van der Waals surface area contributed by atoms with E-state index in [2.05, 4.69) is 402 Å². The van der Waals surface area contributed by atoms with Crippen molar-refractivity contribution in [3.05, 3.63) is 363 Å². The Balaban J connectivity index is 0.000000165. The van der Waals surface area contributed by atoms with Crippen molar-refractivity contribution >= 4 is 101 Å². The molecule has 0 saturated heterocycles. The second kappa shape index (κ2) is 49.8. The van der Waals surface area contributed by atoms with Gasteiger partial charge in [-0.3, -0.25) is 0 Å². The predicted molar refractivity (Wildman–Crippen MR) is 528 cm³/mol. The highest BCUT2D eigenvalue weighted by atomic mass is 31.2. The summed E-state index contributed by atoms with van der Waals surface area (Å²) >= 11 is 0. The summed E-state index contributed by atoms with van der Waals surface area (Å²) in [6.45, 7) is 22.6. The summed E-state index contributed by atoms with van der Waals surface area (Å²) in [6, 6.07) is 125. The van der Waals surface area contributed by atoms with Crippen LogP contribution in [-0.2, 0) is 12.3 Å². The summed E-state index contributed by atoms with van der Waals surface area (Å²) in [5.41, 5.74) is 4.99. The fourth-order valence-electron chi connectivity index (χ4n) is 17.0. The van der Waals surface area contributed by atoms with E-state index in [0.717, 1.165) is 11.8 Å². The third kappa shape index (κ3) is 25.6. The first-order chi connectivity index (χ1) is 56.1. The van der Waals surface area contributed by atoms with Gasteiger partial charge in [0.1, 0.15) is 69.5 Å². The molecule has 1 fully saturated rings. The average Bonchev–Trinajstić information content (AvgIpc) is 1.53. The van der Waals surface area contributed by atoms with Crippen LogP contribution in [0.4, 0.5) is 0 Å². The summed E-state index contributed by atoms with van der Waals surface area (Å²) in [6.07, 6.45) is 41.5. The first kappa shape index (κ1) is 90.7. The van der Waals surface area contributed by atoms with E-state index in [0.29, 0.717) is 0 Å². The van der Waals surface area contributed by atoms with Crippen molar-refractivity contribution in [2.75, 3.05) is 49.3 Å². The molecule has 0 spiro atoms. The van der Waals surface area contributed by atoms with Crippen molar-refractivity contribution < 1.29 is 0 Å². The molecule has 1 saturated carbocycles. The average molecular weight is 1610 g/mol. The molecule has 13 rings (SSSR count). The normalized spacial score (nSPS) is 12.2. The van der Waals surface area contributed by atoms with Gasteiger partial charge in [0.25, 0.3) is 0 Å². The lowest BCUT2D eigenvalue weighted by atomic mass is 10.1. The van der Waals surface area contributed by atoms with Crippen molar-refractivity contribution in [2.45, 2.75) is 189 Å². The minimum atomic E-state index is -1.85. The van der Waals surface area contributed by atoms with Gasteiger partial charge in [0, 0.05) is 14.5 Å². The molecule has 0 amide bonds. The van der Waals surface area contributed by atoms with Crippen molar-refractivity contribution in [1.29, 1.82) is 0 Å². The third-order valence-electron chi connectivity index (χ3n) is 23.5. The SMILES string of the molecule is C=Cc1ccc(C[P+](CCCC)(CCCC)CCCC)cc1.CCCC[P+](CCCC)(CCCC)CCCC.CCCC[P+](c1ccccc1)(c1ccccc1)c1ccccc1.c1ccc([P+](Cc2ccc3ccccc3c2)(c2ccccc2)c2ccccc2)cc1.c1ccc([P+](c2ccccc2)(c2ccccc2)C2CC2)cc1. The molecule has 12 aromatic carbocycles. The highest BCUT2D eigenvalue weighted by Crippen LogP contribution is 2.68. The highest BCUT2D eigenvalue weighted by Gasteiger charge is 2.57. The standard InChI is InChI=1S/C29H24P.C22H24P.C21H20P.C21H36P.C16H36P/c1-4-14-27(15-5-1)30(28-16-6-2-7-17-28,29-18-8-3-9-19-29)23-24-20-21-25-12-10-11-13-26(25)22-24;1-2-3-19-23(20-13-7-4-8-14-20,21-15-9-5-10-16-21)22-17-11-6-12-18-22;1-4-10-18(11-5-1)22(21-16-17-21,19-12-6-2-7-13-19)20-14-8-3-9-15-20;1-5-9-16-22(17-10-6-2,18-11-7-3)19-21-14-12-20(8-4)13-15-21;1-5-9-13-17(14-10-6-2,15-11-7-3)16-12-8-4/h1-22H,23H2;4-18H,2-3,19H2,1H3;1-15,21H,16-17H2;8,12-15H,4-7,9-11,16-19H2,1-3H3;5-16H2,1-4H3/q5*+1. The second-order valence-electron chi connectivity index (χ2n) is 31.8. The van der Waals surface area contributed by atoms with Crippen LogP contribution in [0, 0.1) is 0 Å². The van der Waals surface area contributed by atoms with Gasteiger partial charge in [-0.2, -0.15) is 0 Å². The van der Waals surface area contributed by atoms with E-state index >= 15 is 0 Å². The number of benzene rings is 12. The maximum atomic E-state index is 3.86. The van der Waals surface area contributed by atoms with E-state index in [9.17, 15) is 0 Å². The number of rotatable bonds is 39. The molecule has 0 heterocycles. The first-order valence-electron chi connectivity index (χ1n) is 44.1. The molecule has 596 valence electrons. The number of fused-ring (bicyclic) bond motifs is 1. The van der Waals surface area contributed by atoms with Gasteiger partial charge in [0.15, 0.2) is 0 Å². The molecule has 0 unspecified atom stereocenters. The Bertz CT molecular complexity index is 4150. The van der Waals surface area contributed by atoms with Crippen molar-refractivity contribution in [3.63, 3.8) is 0 Å².